The van der Waals surface area contributed by atoms with Crippen molar-refractivity contribution in [1.29, 1.82) is 0 Å². The number of hydrogen-bond donors (Lipinski definition) is 3. The fraction of sp³-hybridized carbons (Fsp3) is 0.700. The number of nitrogens with zero attached hydrogens (tertiary/aromatic N) is 1. The van der Waals surface area contributed by atoms with Crippen molar-refractivity contribution in [3.63, 3.8) is 0 Å². The molecule has 1 aliphatic rings. The van der Waals surface area contributed by atoms with Crippen LogP contribution < -0.4 is 10.5 Å². The molecule has 2 rings (SSSR count). The minimum Gasteiger partial charge on any atom is -0.378 e. The van der Waals surface area contributed by atoms with E-state index in [4.69, 9.17) is 15.2 Å². The molecule has 19 heavy (non-hydrogen) atoms. The lowest BCUT2D eigenvalue weighted by molar-refractivity contribution is -0.0120. The number of aromatic amines is 1. The van der Waals surface area contributed by atoms with Crippen LogP contribution in [0.1, 0.15) is 12.0 Å². The van der Waals surface area contributed by atoms with E-state index >= 15 is 0 Å². The third kappa shape index (κ3) is 2.95. The third-order valence-electron chi connectivity index (χ3n) is 3.25. The molecule has 0 saturated carbocycles. The highest BCUT2D eigenvalue weighted by Gasteiger charge is 2.36. The molecule has 1 unspecified atom stereocenters. The molecule has 1 aromatic heterocycles. The molecule has 0 spiro atoms. The van der Waals surface area contributed by atoms with Crippen molar-refractivity contribution >= 4 is 10.0 Å². The van der Waals surface area contributed by atoms with Crippen molar-refractivity contribution in [1.82, 2.24) is 14.9 Å². The molecule has 1 fully saturated rings. The van der Waals surface area contributed by atoms with Crippen LogP contribution in [0.15, 0.2) is 11.2 Å². The van der Waals surface area contributed by atoms with Crippen LogP contribution in [0.2, 0.25) is 0 Å². The predicted molar refractivity (Wildman–Crippen MR) is 66.8 cm³/mol. The predicted octanol–water partition coefficient (Wildman–Crippen LogP) is -1.05. The topological polar surface area (TPSA) is 119 Å². The SMILES string of the molecule is COC1(CNS(=O)(=O)c2[nH]ncc2CN)CCOC1. The van der Waals surface area contributed by atoms with Crippen LogP contribution >= 0.6 is 0 Å². The summed E-state index contributed by atoms with van der Waals surface area (Å²) < 4.78 is 37.4. The zero-order chi connectivity index (χ0) is 13.9. The molecule has 0 radical (unpaired) electrons. The Morgan fingerprint density at radius 1 is 1.68 bits per heavy atom. The van der Waals surface area contributed by atoms with Crippen molar-refractivity contribution in [2.75, 3.05) is 26.9 Å². The molecule has 2 heterocycles. The van der Waals surface area contributed by atoms with Gasteiger partial charge in [-0.25, -0.2) is 13.1 Å². The van der Waals surface area contributed by atoms with E-state index in [2.05, 4.69) is 14.9 Å². The molecule has 108 valence electrons. The van der Waals surface area contributed by atoms with Gasteiger partial charge in [0.1, 0.15) is 5.60 Å². The highest BCUT2D eigenvalue weighted by Crippen LogP contribution is 2.22. The van der Waals surface area contributed by atoms with Gasteiger partial charge in [0, 0.05) is 38.8 Å². The minimum atomic E-state index is -3.68. The van der Waals surface area contributed by atoms with Crippen LogP contribution in [0.3, 0.4) is 0 Å². The molecule has 0 aromatic carbocycles. The maximum absolute atomic E-state index is 12.2. The summed E-state index contributed by atoms with van der Waals surface area (Å²) in [5.74, 6) is 0. The summed E-state index contributed by atoms with van der Waals surface area (Å²) >= 11 is 0. The van der Waals surface area contributed by atoms with E-state index in [1.54, 1.807) is 7.11 Å². The number of nitrogens with one attached hydrogen (secondary N) is 2. The van der Waals surface area contributed by atoms with E-state index in [0.717, 1.165) is 0 Å². The summed E-state index contributed by atoms with van der Waals surface area (Å²) in [7, 11) is -2.13. The Kier molecular flexibility index (Phi) is 4.21. The highest BCUT2D eigenvalue weighted by atomic mass is 32.2. The summed E-state index contributed by atoms with van der Waals surface area (Å²) in [4.78, 5) is 0. The molecular formula is C10H18N4O4S. The molecule has 1 atom stereocenters. The van der Waals surface area contributed by atoms with Crippen LogP contribution in [0.25, 0.3) is 0 Å². The number of nitrogens with two attached hydrogens (primary N) is 1. The quantitative estimate of drug-likeness (QED) is 0.615. The van der Waals surface area contributed by atoms with Crippen LogP contribution in [0.4, 0.5) is 0 Å². The standard InChI is InChI=1S/C10H18N4O4S/c1-17-10(2-3-18-7-10)6-13-19(15,16)9-8(4-11)5-12-14-9/h5,13H,2-4,6-7,11H2,1H3,(H,12,14). The first kappa shape index (κ1) is 14.4. The third-order valence-corrected chi connectivity index (χ3v) is 4.67. The van der Waals surface area contributed by atoms with Gasteiger partial charge in [-0.2, -0.15) is 5.10 Å². The Morgan fingerprint density at radius 2 is 2.47 bits per heavy atom. The molecule has 1 aromatic rings. The van der Waals surface area contributed by atoms with E-state index in [-0.39, 0.29) is 18.1 Å². The zero-order valence-electron chi connectivity index (χ0n) is 10.7. The van der Waals surface area contributed by atoms with Gasteiger partial charge >= 0.3 is 0 Å². The molecular weight excluding hydrogens is 272 g/mol. The zero-order valence-corrected chi connectivity index (χ0v) is 11.5. The van der Waals surface area contributed by atoms with E-state index in [1.807, 2.05) is 0 Å². The smallest absolute Gasteiger partial charge is 0.257 e. The molecule has 0 bridgehead atoms. The second-order valence-electron chi connectivity index (χ2n) is 4.44. The van der Waals surface area contributed by atoms with Gasteiger partial charge in [0.15, 0.2) is 5.03 Å². The fourth-order valence-electron chi connectivity index (χ4n) is 1.94. The van der Waals surface area contributed by atoms with Crippen LogP contribution in [0.5, 0.6) is 0 Å². The van der Waals surface area contributed by atoms with Gasteiger partial charge in [-0.15, -0.1) is 0 Å². The van der Waals surface area contributed by atoms with Gasteiger partial charge in [0.2, 0.25) is 0 Å². The number of aromatic nitrogens is 2. The van der Waals surface area contributed by atoms with Crippen LogP contribution in [0, 0.1) is 0 Å². The van der Waals surface area contributed by atoms with Crippen LogP contribution in [-0.2, 0) is 26.0 Å². The van der Waals surface area contributed by atoms with Gasteiger partial charge in [-0.3, -0.25) is 5.10 Å². The number of methoxy groups -OCH3 is 1. The first-order chi connectivity index (χ1) is 9.03. The van der Waals surface area contributed by atoms with Crippen molar-refractivity contribution < 1.29 is 17.9 Å². The van der Waals surface area contributed by atoms with Gasteiger partial charge in [-0.1, -0.05) is 0 Å². The highest BCUT2D eigenvalue weighted by molar-refractivity contribution is 7.89. The lowest BCUT2D eigenvalue weighted by atomic mass is 10.0. The fourth-order valence-corrected chi connectivity index (χ4v) is 3.19. The van der Waals surface area contributed by atoms with E-state index in [9.17, 15) is 8.42 Å². The molecule has 9 heteroatoms. The summed E-state index contributed by atoms with van der Waals surface area (Å²) in [5.41, 5.74) is 5.31. The lowest BCUT2D eigenvalue weighted by Crippen LogP contribution is -2.45. The number of hydrogen-bond acceptors (Lipinski definition) is 6. The van der Waals surface area contributed by atoms with Crippen molar-refractivity contribution in [2.45, 2.75) is 23.6 Å². The average molecular weight is 290 g/mol. The number of sulfonamides is 1. The summed E-state index contributed by atoms with van der Waals surface area (Å²) in [6, 6.07) is 0. The maximum atomic E-state index is 12.2. The summed E-state index contributed by atoms with van der Waals surface area (Å²) in [5, 5.41) is 6.15. The maximum Gasteiger partial charge on any atom is 0.257 e. The number of ether oxygens (including phenoxy) is 2. The average Bonchev–Trinajstić information content (AvgIpc) is 3.06. The molecule has 0 aliphatic carbocycles. The van der Waals surface area contributed by atoms with Crippen molar-refractivity contribution in [2.24, 2.45) is 5.73 Å². The van der Waals surface area contributed by atoms with Gasteiger partial charge < -0.3 is 15.2 Å². The van der Waals surface area contributed by atoms with Gasteiger partial charge in [-0.05, 0) is 0 Å². The summed E-state index contributed by atoms with van der Waals surface area (Å²) in [6.45, 7) is 1.19. The monoisotopic (exact) mass is 290 g/mol. The largest absolute Gasteiger partial charge is 0.378 e. The Labute approximate surface area is 111 Å². The second-order valence-corrected chi connectivity index (χ2v) is 6.15. The Hall–Kier alpha value is -1.00. The first-order valence-corrected chi connectivity index (χ1v) is 7.36. The molecule has 1 aliphatic heterocycles. The molecule has 0 amide bonds. The van der Waals surface area contributed by atoms with Crippen LogP contribution in [-0.4, -0.2) is 51.1 Å². The van der Waals surface area contributed by atoms with Crippen molar-refractivity contribution in [3.05, 3.63) is 11.8 Å². The van der Waals surface area contributed by atoms with E-state index < -0.39 is 15.6 Å². The molecule has 4 N–H and O–H groups in total. The second kappa shape index (κ2) is 5.55. The van der Waals surface area contributed by atoms with Gasteiger partial charge in [0.05, 0.1) is 12.8 Å². The van der Waals surface area contributed by atoms with E-state index in [1.165, 1.54) is 6.20 Å². The normalized spacial score (nSPS) is 23.9. The van der Waals surface area contributed by atoms with Crippen molar-refractivity contribution in [3.8, 4) is 0 Å². The summed E-state index contributed by atoms with van der Waals surface area (Å²) in [6.07, 6.45) is 2.05. The lowest BCUT2D eigenvalue weighted by Gasteiger charge is -2.25. The first-order valence-electron chi connectivity index (χ1n) is 5.88. The van der Waals surface area contributed by atoms with Gasteiger partial charge in [0.25, 0.3) is 10.0 Å². The van der Waals surface area contributed by atoms with E-state index in [0.29, 0.717) is 25.2 Å². The molecule has 1 saturated heterocycles. The minimum absolute atomic E-state index is 0.000156. The number of rotatable bonds is 6. The Morgan fingerprint density at radius 3 is 3.05 bits per heavy atom. The Bertz CT molecular complexity index is 521. The Balaban J connectivity index is 2.10. The number of H-pyrrole nitrogens is 1. The molecule has 8 nitrogen and oxygen atoms in total.